The molecule has 0 saturated carbocycles. The van der Waals surface area contributed by atoms with Crippen LogP contribution in [0.15, 0.2) is 59.2 Å². The van der Waals surface area contributed by atoms with Crippen molar-refractivity contribution >= 4 is 45.3 Å². The maximum atomic E-state index is 13.1. The molecule has 0 bridgehead atoms. The lowest BCUT2D eigenvalue weighted by Crippen LogP contribution is -2.49. The van der Waals surface area contributed by atoms with E-state index in [1.807, 2.05) is 40.9 Å². The van der Waals surface area contributed by atoms with Gasteiger partial charge in [-0.25, -0.2) is 14.3 Å². The third-order valence-electron chi connectivity index (χ3n) is 6.79. The van der Waals surface area contributed by atoms with E-state index in [2.05, 4.69) is 29.8 Å². The zero-order chi connectivity index (χ0) is 27.4. The number of benzene rings is 2. The summed E-state index contributed by atoms with van der Waals surface area (Å²) in [6, 6.07) is 14.8. The third-order valence-corrected chi connectivity index (χ3v) is 7.65. The fourth-order valence-corrected chi connectivity index (χ4v) is 5.51. The van der Waals surface area contributed by atoms with Crippen LogP contribution in [0, 0.1) is 5.92 Å². The van der Waals surface area contributed by atoms with Crippen LogP contribution in [0.2, 0.25) is 5.02 Å². The van der Waals surface area contributed by atoms with Crippen LogP contribution >= 0.6 is 27.5 Å². The van der Waals surface area contributed by atoms with Gasteiger partial charge < -0.3 is 19.0 Å². The van der Waals surface area contributed by atoms with Crippen molar-refractivity contribution in [3.63, 3.8) is 0 Å². The number of fused-ring (bicyclic) bond motifs is 1. The average molecular weight is 602 g/mol. The molecule has 7 nitrogen and oxygen atoms in total. The zero-order valence-corrected chi connectivity index (χ0v) is 24.3. The molecular weight excluding hydrogens is 570 g/mol. The molecule has 1 unspecified atom stereocenters. The topological polar surface area (TPSA) is 73.1 Å². The Kier molecular flexibility index (Phi) is 8.65. The number of quaternary nitrogens is 1. The fraction of sp³-hybridized carbons (Fsp3) is 0.310. The van der Waals surface area contributed by atoms with Gasteiger partial charge in [0.1, 0.15) is 28.7 Å². The molecule has 200 valence electrons. The second-order valence-electron chi connectivity index (χ2n) is 9.72. The maximum absolute atomic E-state index is 13.1. The number of phenols is 1. The van der Waals surface area contributed by atoms with E-state index < -0.39 is 0 Å². The number of aromatic hydroxyl groups is 1. The molecule has 0 aliphatic carbocycles. The quantitative estimate of drug-likeness (QED) is 0.152. The van der Waals surface area contributed by atoms with Gasteiger partial charge in [0.15, 0.2) is 17.2 Å². The standard InChI is InChI=1S/C29H31BrClN3O4/c1-19(2)12-14-34(18-35,24-9-11-26(37-3)29(38-4)28(24)31)17-22-23(33-13-6-5-7-27(33)32-22)16-20-15-21(30)8-10-25(20)36/h5-11,13,15,18-19H,12,14,16-17H2,1-4H3/p+1. The van der Waals surface area contributed by atoms with Crippen molar-refractivity contribution in [3.8, 4) is 17.2 Å². The van der Waals surface area contributed by atoms with Gasteiger partial charge in [0.25, 0.3) is 0 Å². The van der Waals surface area contributed by atoms with Gasteiger partial charge in [-0.3, -0.25) is 0 Å². The number of phenolic OH excluding ortho intramolecular Hbond substituents is 1. The normalized spacial score (nSPS) is 13.0. The van der Waals surface area contributed by atoms with E-state index in [-0.39, 0.29) is 16.8 Å². The number of ether oxygens (including phenoxy) is 2. The number of hydrogen-bond donors (Lipinski definition) is 1. The first-order valence-corrected chi connectivity index (χ1v) is 13.6. The van der Waals surface area contributed by atoms with Crippen molar-refractivity contribution in [2.24, 2.45) is 5.92 Å². The van der Waals surface area contributed by atoms with E-state index in [4.69, 9.17) is 26.1 Å². The molecule has 0 spiro atoms. The highest BCUT2D eigenvalue weighted by Gasteiger charge is 2.37. The summed E-state index contributed by atoms with van der Waals surface area (Å²) in [5.41, 5.74) is 3.77. The Labute approximate surface area is 236 Å². The molecule has 2 aromatic heterocycles. The summed E-state index contributed by atoms with van der Waals surface area (Å²) in [4.78, 5) is 18.0. The van der Waals surface area contributed by atoms with E-state index >= 15 is 0 Å². The van der Waals surface area contributed by atoms with Crippen molar-refractivity contribution in [1.82, 2.24) is 13.9 Å². The average Bonchev–Trinajstić information content (AvgIpc) is 3.24. The van der Waals surface area contributed by atoms with Crippen molar-refractivity contribution in [1.29, 1.82) is 0 Å². The Morgan fingerprint density at radius 2 is 1.95 bits per heavy atom. The summed E-state index contributed by atoms with van der Waals surface area (Å²) in [5.74, 6) is 1.44. The number of aromatic nitrogens is 2. The predicted octanol–water partition coefficient (Wildman–Crippen LogP) is 6.77. The number of imidazole rings is 1. The Hall–Kier alpha value is -3.07. The first kappa shape index (κ1) is 28.0. The van der Waals surface area contributed by atoms with Crippen LogP contribution in [-0.2, 0) is 17.8 Å². The first-order valence-electron chi connectivity index (χ1n) is 12.4. The molecule has 1 N–H and O–H groups in total. The summed E-state index contributed by atoms with van der Waals surface area (Å²) < 4.78 is 13.8. The smallest absolute Gasteiger partial charge is 0.306 e. The van der Waals surface area contributed by atoms with Gasteiger partial charge in [-0.15, -0.1) is 0 Å². The molecule has 0 saturated heterocycles. The second-order valence-corrected chi connectivity index (χ2v) is 11.0. The molecule has 9 heteroatoms. The summed E-state index contributed by atoms with van der Waals surface area (Å²) in [5, 5.41) is 10.9. The number of rotatable bonds is 11. The van der Waals surface area contributed by atoms with Gasteiger partial charge in [0.2, 0.25) is 0 Å². The largest absolute Gasteiger partial charge is 0.508 e. The predicted molar refractivity (Wildman–Crippen MR) is 154 cm³/mol. The number of hydrogen-bond acceptors (Lipinski definition) is 5. The minimum atomic E-state index is -0.0707. The molecule has 0 aliphatic rings. The van der Waals surface area contributed by atoms with Crippen LogP contribution in [0.25, 0.3) is 5.65 Å². The highest BCUT2D eigenvalue weighted by Crippen LogP contribution is 2.44. The molecule has 4 rings (SSSR count). The van der Waals surface area contributed by atoms with Gasteiger partial charge in [-0.1, -0.05) is 47.4 Å². The lowest BCUT2D eigenvalue weighted by atomic mass is 10.0. The number of methoxy groups -OCH3 is 2. The van der Waals surface area contributed by atoms with Crippen molar-refractivity contribution in [2.75, 3.05) is 20.8 Å². The molecule has 0 aliphatic heterocycles. The van der Waals surface area contributed by atoms with E-state index in [1.165, 1.54) is 7.11 Å². The second kappa shape index (κ2) is 11.8. The molecule has 0 fully saturated rings. The van der Waals surface area contributed by atoms with E-state index in [0.717, 1.165) is 39.9 Å². The molecule has 2 aromatic carbocycles. The molecule has 0 radical (unpaired) electrons. The van der Waals surface area contributed by atoms with Gasteiger partial charge in [0, 0.05) is 28.7 Å². The molecule has 38 heavy (non-hydrogen) atoms. The van der Waals surface area contributed by atoms with Crippen LogP contribution in [0.3, 0.4) is 0 Å². The summed E-state index contributed by atoms with van der Waals surface area (Å²) in [7, 11) is 3.08. The molecule has 2 heterocycles. The van der Waals surface area contributed by atoms with Crippen LogP contribution in [0.5, 0.6) is 17.2 Å². The lowest BCUT2D eigenvalue weighted by Gasteiger charge is -2.33. The van der Waals surface area contributed by atoms with Gasteiger partial charge in [-0.05, 0) is 48.7 Å². The number of halogens is 2. The van der Waals surface area contributed by atoms with Gasteiger partial charge >= 0.3 is 6.41 Å². The third kappa shape index (κ3) is 5.53. The fourth-order valence-electron chi connectivity index (χ4n) is 4.70. The summed E-state index contributed by atoms with van der Waals surface area (Å²) in [6.07, 6.45) is 4.11. The number of carbonyl (C=O) groups excluding carboxylic acids is 1. The Morgan fingerprint density at radius 1 is 1.16 bits per heavy atom. The lowest BCUT2D eigenvalue weighted by molar-refractivity contribution is -0.118. The maximum Gasteiger partial charge on any atom is 0.306 e. The molecule has 1 amide bonds. The van der Waals surface area contributed by atoms with Gasteiger partial charge in [0.05, 0.1) is 26.5 Å². The van der Waals surface area contributed by atoms with Crippen molar-refractivity contribution in [2.45, 2.75) is 33.2 Å². The molecule has 4 aromatic rings. The van der Waals surface area contributed by atoms with Gasteiger partial charge in [-0.2, -0.15) is 0 Å². The minimum Gasteiger partial charge on any atom is -0.508 e. The zero-order valence-electron chi connectivity index (χ0n) is 21.9. The van der Waals surface area contributed by atoms with Crippen molar-refractivity contribution in [3.05, 3.63) is 81.2 Å². The molecular formula is C29H32BrClN3O4+. The Balaban J connectivity index is 1.89. The van der Waals surface area contributed by atoms with Crippen LogP contribution < -0.4 is 14.0 Å². The number of amides is 1. The van der Waals surface area contributed by atoms with E-state index in [0.29, 0.717) is 41.1 Å². The Morgan fingerprint density at radius 3 is 2.63 bits per heavy atom. The van der Waals surface area contributed by atoms with Crippen LogP contribution in [0.1, 0.15) is 37.2 Å². The number of pyridine rings is 1. The molecule has 1 atom stereocenters. The minimum absolute atomic E-state index is 0.0707. The highest BCUT2D eigenvalue weighted by molar-refractivity contribution is 9.10. The Bertz CT molecular complexity index is 1460. The summed E-state index contributed by atoms with van der Waals surface area (Å²) >= 11 is 10.4. The van der Waals surface area contributed by atoms with Crippen molar-refractivity contribution < 1.29 is 19.4 Å². The number of carbonyl (C=O) groups is 1. The summed E-state index contributed by atoms with van der Waals surface area (Å²) in [6.45, 7) is 5.05. The van der Waals surface area contributed by atoms with Crippen LogP contribution in [-0.4, -0.2) is 41.7 Å². The first-order chi connectivity index (χ1) is 18.2. The SMILES string of the molecule is COc1ccc([N+](C=O)(CCC(C)C)Cc2nc3ccccn3c2Cc2cc(Br)ccc2O)c(Cl)c1OC. The van der Waals surface area contributed by atoms with E-state index in [9.17, 15) is 9.90 Å². The highest BCUT2D eigenvalue weighted by atomic mass is 79.9. The number of nitrogens with zero attached hydrogens (tertiary/aromatic N) is 3. The monoisotopic (exact) mass is 600 g/mol. The van der Waals surface area contributed by atoms with E-state index in [1.54, 1.807) is 25.3 Å². The van der Waals surface area contributed by atoms with Crippen LogP contribution in [0.4, 0.5) is 5.69 Å².